The van der Waals surface area contributed by atoms with E-state index in [1.807, 2.05) is 0 Å². The Bertz CT molecular complexity index is 261. The molecule has 0 N–H and O–H groups in total. The summed E-state index contributed by atoms with van der Waals surface area (Å²) in [7, 11) is 1.69. The number of halogens is 2. The Morgan fingerprint density at radius 1 is 1.25 bits per heavy atom. The minimum Gasteiger partial charge on any atom is -0.665 e. The highest BCUT2D eigenvalue weighted by molar-refractivity contribution is 5.18. The zero-order chi connectivity index (χ0) is 8.97. The lowest BCUT2D eigenvalue weighted by Gasteiger charge is -2.09. The van der Waals surface area contributed by atoms with Gasteiger partial charge >= 0.3 is 0 Å². The van der Waals surface area contributed by atoms with Crippen molar-refractivity contribution < 1.29 is 8.78 Å². The first-order valence-corrected chi connectivity index (χ1v) is 3.73. The van der Waals surface area contributed by atoms with Crippen LogP contribution in [0.15, 0.2) is 18.2 Å². The quantitative estimate of drug-likeness (QED) is 0.661. The van der Waals surface area contributed by atoms with Gasteiger partial charge in [0.1, 0.15) is 0 Å². The predicted octanol–water partition coefficient (Wildman–Crippen LogP) is 2.51. The van der Waals surface area contributed by atoms with Crippen molar-refractivity contribution in [2.75, 3.05) is 13.6 Å². The Hall–Kier alpha value is -0.960. The molecule has 3 heteroatoms. The molecule has 0 saturated carbocycles. The Labute approximate surface area is 70.4 Å². The molecule has 0 aliphatic carbocycles. The maximum atomic E-state index is 12.6. The molecule has 1 aromatic carbocycles. The first-order valence-electron chi connectivity index (χ1n) is 3.73. The number of hydrogen-bond donors (Lipinski definition) is 0. The Morgan fingerprint density at radius 3 is 2.58 bits per heavy atom. The molecule has 0 saturated heterocycles. The van der Waals surface area contributed by atoms with Crippen LogP contribution in [0.4, 0.5) is 8.78 Å². The summed E-state index contributed by atoms with van der Waals surface area (Å²) in [4.78, 5) is 0. The Balaban J connectivity index is 2.69. The average Bonchev–Trinajstić information content (AvgIpc) is 2.07. The van der Waals surface area contributed by atoms with E-state index in [2.05, 4.69) is 5.32 Å². The second kappa shape index (κ2) is 4.16. The van der Waals surface area contributed by atoms with Crippen LogP contribution in [0.5, 0.6) is 0 Å². The molecule has 0 atom stereocenters. The fourth-order valence-electron chi connectivity index (χ4n) is 0.936. The van der Waals surface area contributed by atoms with Gasteiger partial charge in [0.15, 0.2) is 11.6 Å². The molecule has 0 aliphatic rings. The molecule has 12 heavy (non-hydrogen) atoms. The van der Waals surface area contributed by atoms with Crippen molar-refractivity contribution in [2.45, 2.75) is 6.42 Å². The van der Waals surface area contributed by atoms with Crippen LogP contribution in [-0.4, -0.2) is 13.6 Å². The molecule has 0 aromatic heterocycles. The van der Waals surface area contributed by atoms with Gasteiger partial charge in [0, 0.05) is 0 Å². The molecular formula is C9H10F2N-. The third kappa shape index (κ3) is 2.27. The minimum absolute atomic E-state index is 0.644. The fourth-order valence-corrected chi connectivity index (χ4v) is 0.936. The molecule has 1 aromatic rings. The number of hydrogen-bond acceptors (Lipinski definition) is 0. The largest absolute Gasteiger partial charge is 0.665 e. The highest BCUT2D eigenvalue weighted by Crippen LogP contribution is 2.09. The van der Waals surface area contributed by atoms with Gasteiger partial charge in [-0.2, -0.15) is 7.05 Å². The van der Waals surface area contributed by atoms with Gasteiger partial charge in [0.25, 0.3) is 0 Å². The second-order valence-corrected chi connectivity index (χ2v) is 2.54. The van der Waals surface area contributed by atoms with Crippen molar-refractivity contribution >= 4 is 0 Å². The van der Waals surface area contributed by atoms with Crippen LogP contribution in [0, 0.1) is 11.6 Å². The number of likely N-dealkylation sites (N-methyl/N-ethyl adjacent to an activating group) is 1. The molecule has 0 heterocycles. The lowest BCUT2D eigenvalue weighted by Crippen LogP contribution is -1.92. The van der Waals surface area contributed by atoms with Gasteiger partial charge in [-0.1, -0.05) is 6.07 Å². The summed E-state index contributed by atoms with van der Waals surface area (Å²) in [6, 6.07) is 3.92. The van der Waals surface area contributed by atoms with Crippen LogP contribution in [0.25, 0.3) is 5.32 Å². The predicted molar refractivity (Wildman–Crippen MR) is 44.2 cm³/mol. The zero-order valence-electron chi connectivity index (χ0n) is 6.85. The molecule has 1 nitrogen and oxygen atoms in total. The Kier molecular flexibility index (Phi) is 3.17. The van der Waals surface area contributed by atoms with E-state index in [-0.39, 0.29) is 0 Å². The van der Waals surface area contributed by atoms with Gasteiger partial charge in [-0.05, 0) is 24.1 Å². The summed E-state index contributed by atoms with van der Waals surface area (Å²) < 4.78 is 25.0. The number of nitrogens with zero attached hydrogens (tertiary/aromatic N) is 1. The molecule has 0 bridgehead atoms. The third-order valence-corrected chi connectivity index (χ3v) is 1.61. The van der Waals surface area contributed by atoms with Crippen molar-refractivity contribution in [1.29, 1.82) is 0 Å². The second-order valence-electron chi connectivity index (χ2n) is 2.54. The summed E-state index contributed by atoms with van der Waals surface area (Å²) in [6.45, 7) is 0.644. The van der Waals surface area contributed by atoms with E-state index < -0.39 is 11.6 Å². The van der Waals surface area contributed by atoms with Crippen LogP contribution < -0.4 is 0 Å². The van der Waals surface area contributed by atoms with E-state index in [0.29, 0.717) is 13.0 Å². The minimum atomic E-state index is -0.799. The molecule has 0 aliphatic heterocycles. The van der Waals surface area contributed by atoms with Crippen molar-refractivity contribution in [2.24, 2.45) is 0 Å². The summed E-state index contributed by atoms with van der Waals surface area (Å²) in [5.41, 5.74) is 0.777. The normalized spacial score (nSPS) is 10.2. The maximum Gasteiger partial charge on any atom is 0.159 e. The van der Waals surface area contributed by atoms with Crippen molar-refractivity contribution in [3.05, 3.63) is 40.7 Å². The van der Waals surface area contributed by atoms with E-state index in [4.69, 9.17) is 0 Å². The molecule has 0 radical (unpaired) electrons. The number of rotatable bonds is 3. The van der Waals surface area contributed by atoms with Crippen molar-refractivity contribution in [1.82, 2.24) is 0 Å². The summed E-state index contributed by atoms with van der Waals surface area (Å²) in [5.74, 6) is -1.59. The van der Waals surface area contributed by atoms with Crippen LogP contribution in [0.1, 0.15) is 5.56 Å². The lowest BCUT2D eigenvalue weighted by atomic mass is 10.1. The van der Waals surface area contributed by atoms with Gasteiger partial charge in [-0.3, -0.25) is 0 Å². The molecule has 0 unspecified atom stereocenters. The van der Waals surface area contributed by atoms with Crippen molar-refractivity contribution in [3.63, 3.8) is 0 Å². The standard InChI is InChI=1S/C9H10F2N/c1-12-5-4-7-2-3-8(10)9(11)6-7/h2-3,6H,4-5H2,1H3/q-1. The van der Waals surface area contributed by atoms with E-state index in [1.165, 1.54) is 6.07 Å². The van der Waals surface area contributed by atoms with Crippen molar-refractivity contribution in [3.8, 4) is 0 Å². The first kappa shape index (κ1) is 9.13. The van der Waals surface area contributed by atoms with Gasteiger partial charge in [-0.15, -0.1) is 6.54 Å². The molecule has 0 fully saturated rings. The van der Waals surface area contributed by atoms with Crippen LogP contribution >= 0.6 is 0 Å². The van der Waals surface area contributed by atoms with E-state index in [9.17, 15) is 8.78 Å². The smallest absolute Gasteiger partial charge is 0.159 e. The van der Waals surface area contributed by atoms with E-state index >= 15 is 0 Å². The SMILES string of the molecule is C[N-]CCc1ccc(F)c(F)c1. The molecule has 0 amide bonds. The number of benzene rings is 1. The van der Waals surface area contributed by atoms with E-state index in [0.717, 1.165) is 11.6 Å². The molecule has 0 spiro atoms. The molecule has 66 valence electrons. The zero-order valence-corrected chi connectivity index (χ0v) is 6.85. The lowest BCUT2D eigenvalue weighted by molar-refractivity contribution is 0.507. The monoisotopic (exact) mass is 170 g/mol. The van der Waals surface area contributed by atoms with E-state index in [1.54, 1.807) is 13.1 Å². The van der Waals surface area contributed by atoms with Crippen LogP contribution in [-0.2, 0) is 6.42 Å². The molecular weight excluding hydrogens is 160 g/mol. The Morgan fingerprint density at radius 2 is 2.00 bits per heavy atom. The van der Waals surface area contributed by atoms with Gasteiger partial charge < -0.3 is 5.32 Å². The highest BCUT2D eigenvalue weighted by atomic mass is 19.2. The fraction of sp³-hybridized carbons (Fsp3) is 0.333. The van der Waals surface area contributed by atoms with Crippen LogP contribution in [0.2, 0.25) is 0 Å². The first-order chi connectivity index (χ1) is 5.74. The summed E-state index contributed by atoms with van der Waals surface area (Å²) in [6.07, 6.45) is 0.660. The maximum absolute atomic E-state index is 12.6. The average molecular weight is 170 g/mol. The van der Waals surface area contributed by atoms with Gasteiger partial charge in [-0.25, -0.2) is 8.78 Å². The third-order valence-electron chi connectivity index (χ3n) is 1.61. The summed E-state index contributed by atoms with van der Waals surface area (Å²) in [5, 5.41) is 3.87. The highest BCUT2D eigenvalue weighted by Gasteiger charge is 2.00. The van der Waals surface area contributed by atoms with Gasteiger partial charge in [0.2, 0.25) is 0 Å². The topological polar surface area (TPSA) is 14.1 Å². The summed E-state index contributed by atoms with van der Waals surface area (Å²) >= 11 is 0. The van der Waals surface area contributed by atoms with Crippen LogP contribution in [0.3, 0.4) is 0 Å². The molecule has 1 rings (SSSR count). The van der Waals surface area contributed by atoms with Gasteiger partial charge in [0.05, 0.1) is 0 Å².